The van der Waals surface area contributed by atoms with Crippen LogP contribution in [0.3, 0.4) is 0 Å². The number of piperidine rings is 1. The Balaban J connectivity index is 1.33. The van der Waals surface area contributed by atoms with Crippen LogP contribution in [-0.4, -0.2) is 41.2 Å². The Labute approximate surface area is 191 Å². The third kappa shape index (κ3) is 5.73. The standard InChI is InChI=1S/C26H35N3O3/c1-18-11-13-29(14-12-18)25-21(7-5-19(2)28-25)8-9-22(30)15-20-6-10-23(27-16-20)24-17-31-26(3,4)32-24/h5-7,10,16,18,24H,8-9,11-15,17H2,1-4H3. The van der Waals surface area contributed by atoms with Gasteiger partial charge in [-0.1, -0.05) is 19.1 Å². The number of nitrogens with zero attached hydrogens (tertiary/aromatic N) is 3. The second-order valence-corrected chi connectivity index (χ2v) is 9.73. The summed E-state index contributed by atoms with van der Waals surface area (Å²) < 4.78 is 11.5. The van der Waals surface area contributed by atoms with Crippen LogP contribution in [0.25, 0.3) is 0 Å². The predicted molar refractivity (Wildman–Crippen MR) is 125 cm³/mol. The monoisotopic (exact) mass is 437 g/mol. The van der Waals surface area contributed by atoms with Crippen LogP contribution in [0, 0.1) is 12.8 Å². The molecule has 2 aromatic rings. The molecule has 4 heterocycles. The number of Topliss-reactive ketones (excluding diaryl/α,β-unsaturated/α-hetero) is 1. The van der Waals surface area contributed by atoms with Crippen molar-refractivity contribution in [2.75, 3.05) is 24.6 Å². The average Bonchev–Trinajstić information content (AvgIpc) is 3.13. The van der Waals surface area contributed by atoms with Crippen molar-refractivity contribution in [1.29, 1.82) is 0 Å². The molecule has 6 nitrogen and oxygen atoms in total. The third-order valence-corrected chi connectivity index (χ3v) is 6.44. The van der Waals surface area contributed by atoms with E-state index in [0.29, 0.717) is 19.4 Å². The Hall–Kier alpha value is -2.31. The van der Waals surface area contributed by atoms with Gasteiger partial charge in [-0.2, -0.15) is 0 Å². The molecule has 0 spiro atoms. The minimum absolute atomic E-state index is 0.153. The van der Waals surface area contributed by atoms with Crippen LogP contribution in [0.1, 0.15) is 68.7 Å². The fourth-order valence-corrected chi connectivity index (χ4v) is 4.42. The number of aryl methyl sites for hydroxylation is 2. The zero-order valence-corrected chi connectivity index (χ0v) is 19.8. The smallest absolute Gasteiger partial charge is 0.163 e. The summed E-state index contributed by atoms with van der Waals surface area (Å²) >= 11 is 0. The lowest BCUT2D eigenvalue weighted by Crippen LogP contribution is -2.34. The predicted octanol–water partition coefficient (Wildman–Crippen LogP) is 4.59. The average molecular weight is 438 g/mol. The highest BCUT2D eigenvalue weighted by Crippen LogP contribution is 2.32. The van der Waals surface area contributed by atoms with Gasteiger partial charge >= 0.3 is 0 Å². The summed E-state index contributed by atoms with van der Waals surface area (Å²) in [7, 11) is 0. The highest BCUT2D eigenvalue weighted by atomic mass is 16.7. The van der Waals surface area contributed by atoms with Gasteiger partial charge in [0.2, 0.25) is 0 Å². The molecular formula is C26H35N3O3. The molecule has 0 amide bonds. The molecule has 0 N–H and O–H groups in total. The van der Waals surface area contributed by atoms with Gasteiger partial charge in [0.1, 0.15) is 17.7 Å². The van der Waals surface area contributed by atoms with Gasteiger partial charge in [0, 0.05) is 37.8 Å². The maximum Gasteiger partial charge on any atom is 0.163 e. The summed E-state index contributed by atoms with van der Waals surface area (Å²) in [5.41, 5.74) is 3.98. The van der Waals surface area contributed by atoms with E-state index in [1.807, 2.05) is 32.9 Å². The van der Waals surface area contributed by atoms with Gasteiger partial charge in [0.15, 0.2) is 5.79 Å². The first kappa shape index (κ1) is 22.9. The molecule has 4 rings (SSSR count). The summed E-state index contributed by atoms with van der Waals surface area (Å²) in [4.78, 5) is 24.4. The van der Waals surface area contributed by atoms with Crippen LogP contribution in [0.2, 0.25) is 0 Å². The van der Waals surface area contributed by atoms with Gasteiger partial charge in [0.25, 0.3) is 0 Å². The molecule has 0 aliphatic carbocycles. The SMILES string of the molecule is Cc1ccc(CCC(=O)Cc2ccc(C3COC(C)(C)O3)nc2)c(N2CCC(C)CC2)n1. The molecule has 1 unspecified atom stereocenters. The number of ether oxygens (including phenoxy) is 2. The molecule has 0 aromatic carbocycles. The number of anilines is 1. The Morgan fingerprint density at radius 3 is 2.62 bits per heavy atom. The van der Waals surface area contributed by atoms with Gasteiger partial charge in [-0.3, -0.25) is 9.78 Å². The van der Waals surface area contributed by atoms with Gasteiger partial charge < -0.3 is 14.4 Å². The van der Waals surface area contributed by atoms with Crippen LogP contribution in [0.4, 0.5) is 5.82 Å². The number of carbonyl (C=O) groups excluding carboxylic acids is 1. The first-order chi connectivity index (χ1) is 15.3. The summed E-state index contributed by atoms with van der Waals surface area (Å²) in [6, 6.07) is 8.11. The fraction of sp³-hybridized carbons (Fsp3) is 0.577. The lowest BCUT2D eigenvalue weighted by Gasteiger charge is -2.32. The first-order valence-electron chi connectivity index (χ1n) is 11.8. The zero-order chi connectivity index (χ0) is 22.7. The number of hydrogen-bond acceptors (Lipinski definition) is 6. The minimum atomic E-state index is -0.572. The Morgan fingerprint density at radius 2 is 1.97 bits per heavy atom. The van der Waals surface area contributed by atoms with E-state index in [1.54, 1.807) is 6.20 Å². The lowest BCUT2D eigenvalue weighted by atomic mass is 9.98. The molecular weight excluding hydrogens is 402 g/mol. The van der Waals surface area contributed by atoms with Crippen LogP contribution >= 0.6 is 0 Å². The zero-order valence-electron chi connectivity index (χ0n) is 19.8. The van der Waals surface area contributed by atoms with Crippen molar-refractivity contribution >= 4 is 11.6 Å². The molecule has 172 valence electrons. The van der Waals surface area contributed by atoms with Crippen LogP contribution < -0.4 is 4.90 Å². The van der Waals surface area contributed by atoms with Gasteiger partial charge in [-0.25, -0.2) is 4.98 Å². The topological polar surface area (TPSA) is 64.6 Å². The van der Waals surface area contributed by atoms with Crippen LogP contribution in [-0.2, 0) is 27.1 Å². The molecule has 2 aliphatic heterocycles. The molecule has 1 atom stereocenters. The second-order valence-electron chi connectivity index (χ2n) is 9.73. The Morgan fingerprint density at radius 1 is 1.19 bits per heavy atom. The third-order valence-electron chi connectivity index (χ3n) is 6.44. The number of pyridine rings is 2. The van der Waals surface area contributed by atoms with Crippen molar-refractivity contribution in [3.63, 3.8) is 0 Å². The van der Waals surface area contributed by atoms with Crippen LogP contribution in [0.5, 0.6) is 0 Å². The minimum Gasteiger partial charge on any atom is -0.356 e. The van der Waals surface area contributed by atoms with E-state index in [4.69, 9.17) is 14.5 Å². The van der Waals surface area contributed by atoms with E-state index >= 15 is 0 Å². The molecule has 2 aliphatic rings. The molecule has 32 heavy (non-hydrogen) atoms. The number of aromatic nitrogens is 2. The second kappa shape index (κ2) is 9.67. The van der Waals surface area contributed by atoms with E-state index < -0.39 is 5.79 Å². The van der Waals surface area contributed by atoms with Crippen LogP contribution in [0.15, 0.2) is 30.5 Å². The van der Waals surface area contributed by atoms with E-state index in [2.05, 4.69) is 28.9 Å². The summed E-state index contributed by atoms with van der Waals surface area (Å²) in [5, 5.41) is 0. The van der Waals surface area contributed by atoms with Crippen molar-refractivity contribution in [3.8, 4) is 0 Å². The highest BCUT2D eigenvalue weighted by molar-refractivity contribution is 5.81. The van der Waals surface area contributed by atoms with Crippen molar-refractivity contribution < 1.29 is 14.3 Å². The number of rotatable bonds is 7. The van der Waals surface area contributed by atoms with Gasteiger partial charge in [0.05, 0.1) is 12.3 Å². The first-order valence-corrected chi connectivity index (χ1v) is 11.8. The Kier molecular flexibility index (Phi) is 6.91. The molecule has 0 radical (unpaired) electrons. The largest absolute Gasteiger partial charge is 0.356 e. The fourth-order valence-electron chi connectivity index (χ4n) is 4.42. The molecule has 6 heteroatoms. The van der Waals surface area contributed by atoms with E-state index in [1.165, 1.54) is 18.4 Å². The van der Waals surface area contributed by atoms with E-state index in [0.717, 1.165) is 48.2 Å². The number of hydrogen-bond donors (Lipinski definition) is 0. The van der Waals surface area contributed by atoms with Crippen molar-refractivity contribution in [2.45, 2.75) is 71.7 Å². The van der Waals surface area contributed by atoms with E-state index in [-0.39, 0.29) is 11.9 Å². The molecule has 2 aromatic heterocycles. The van der Waals surface area contributed by atoms with E-state index in [9.17, 15) is 4.79 Å². The lowest BCUT2D eigenvalue weighted by molar-refractivity contribution is -0.139. The van der Waals surface area contributed by atoms with Gasteiger partial charge in [-0.05, 0) is 69.2 Å². The number of ketones is 1. The maximum atomic E-state index is 12.7. The highest BCUT2D eigenvalue weighted by Gasteiger charge is 2.34. The molecule has 0 bridgehead atoms. The summed E-state index contributed by atoms with van der Waals surface area (Å²) in [6.07, 6.45) is 5.67. The van der Waals surface area contributed by atoms with Gasteiger partial charge in [-0.15, -0.1) is 0 Å². The maximum absolute atomic E-state index is 12.7. The van der Waals surface area contributed by atoms with Crippen molar-refractivity contribution in [2.24, 2.45) is 5.92 Å². The summed E-state index contributed by atoms with van der Waals surface area (Å²) in [6.45, 7) is 10.7. The quantitative estimate of drug-likeness (QED) is 0.631. The van der Waals surface area contributed by atoms with Crippen molar-refractivity contribution in [3.05, 3.63) is 53.0 Å². The molecule has 0 saturated carbocycles. The normalized spacial score (nSPS) is 21.1. The summed E-state index contributed by atoms with van der Waals surface area (Å²) in [5.74, 6) is 1.49. The molecule has 2 fully saturated rings. The Bertz CT molecular complexity index is 934. The molecule has 2 saturated heterocycles. The van der Waals surface area contributed by atoms with Crippen molar-refractivity contribution in [1.82, 2.24) is 9.97 Å². The number of carbonyl (C=O) groups is 1.